The Bertz CT molecular complexity index is 908. The maximum absolute atomic E-state index is 12.4. The third-order valence-electron chi connectivity index (χ3n) is 4.22. The number of carbonyl (C=O) groups excluding carboxylic acids is 1. The van der Waals surface area contributed by atoms with E-state index in [1.165, 1.54) is 4.90 Å². The number of fused-ring (bicyclic) bond motifs is 1. The normalized spacial score (nSPS) is 12.2. The highest BCUT2D eigenvalue weighted by Gasteiger charge is 2.21. The summed E-state index contributed by atoms with van der Waals surface area (Å²) < 4.78 is 5.20. The van der Waals surface area contributed by atoms with E-state index in [1.54, 1.807) is 38.4 Å². The van der Waals surface area contributed by atoms with Gasteiger partial charge in [-0.2, -0.15) is 0 Å². The Morgan fingerprint density at radius 1 is 1.31 bits per heavy atom. The van der Waals surface area contributed by atoms with Crippen LogP contribution in [0.2, 0.25) is 5.02 Å². The van der Waals surface area contributed by atoms with Crippen molar-refractivity contribution in [3.8, 4) is 5.75 Å². The highest BCUT2D eigenvalue weighted by molar-refractivity contribution is 6.30. The van der Waals surface area contributed by atoms with Crippen LogP contribution in [0.4, 0.5) is 0 Å². The van der Waals surface area contributed by atoms with E-state index < -0.39 is 6.10 Å². The summed E-state index contributed by atoms with van der Waals surface area (Å²) in [6.07, 6.45) is -0.663. The zero-order valence-corrected chi connectivity index (χ0v) is 15.3. The number of aliphatic hydroxyl groups excluding tert-OH is 1. The summed E-state index contributed by atoms with van der Waals surface area (Å²) in [5, 5.41) is 10.8. The molecule has 136 valence electrons. The fourth-order valence-electron chi connectivity index (χ4n) is 2.67. The van der Waals surface area contributed by atoms with Crippen molar-refractivity contribution in [2.24, 2.45) is 0 Å². The smallest absolute Gasteiger partial charge is 0.255 e. The van der Waals surface area contributed by atoms with Crippen molar-refractivity contribution in [1.29, 1.82) is 0 Å². The van der Waals surface area contributed by atoms with Gasteiger partial charge in [0, 0.05) is 31.1 Å². The summed E-state index contributed by atoms with van der Waals surface area (Å²) in [4.78, 5) is 21.6. The Morgan fingerprint density at radius 2 is 2.04 bits per heavy atom. The minimum absolute atomic E-state index is 0.370. The molecule has 0 spiro atoms. The fraction of sp³-hybridized carbons (Fsp3) is 0.263. The molecular formula is C19H20ClN3O3. The number of aromatic amines is 1. The van der Waals surface area contributed by atoms with Crippen molar-refractivity contribution in [3.05, 3.63) is 58.9 Å². The molecule has 3 aromatic rings. The average molecular weight is 374 g/mol. The van der Waals surface area contributed by atoms with Crippen LogP contribution in [-0.4, -0.2) is 46.6 Å². The number of rotatable bonds is 6. The van der Waals surface area contributed by atoms with Crippen molar-refractivity contribution in [2.75, 3.05) is 20.7 Å². The number of benzene rings is 2. The van der Waals surface area contributed by atoms with Crippen LogP contribution in [0.1, 0.15) is 17.5 Å². The monoisotopic (exact) mass is 373 g/mol. The number of nitrogens with one attached hydrogen (secondary N) is 1. The van der Waals surface area contributed by atoms with Crippen molar-refractivity contribution in [2.45, 2.75) is 12.5 Å². The first-order valence-electron chi connectivity index (χ1n) is 8.19. The van der Waals surface area contributed by atoms with E-state index in [2.05, 4.69) is 9.97 Å². The van der Waals surface area contributed by atoms with Gasteiger partial charge in [0.1, 0.15) is 11.6 Å². The number of ether oxygens (including phenoxy) is 1. The van der Waals surface area contributed by atoms with Gasteiger partial charge in [-0.25, -0.2) is 4.98 Å². The maximum atomic E-state index is 12.4. The van der Waals surface area contributed by atoms with Crippen LogP contribution in [0.15, 0.2) is 42.5 Å². The number of nitrogens with zero attached hydrogens (tertiary/aromatic N) is 2. The van der Waals surface area contributed by atoms with E-state index in [9.17, 15) is 9.90 Å². The first kappa shape index (κ1) is 18.2. The molecular weight excluding hydrogens is 354 g/mol. The highest BCUT2D eigenvalue weighted by Crippen LogP contribution is 2.20. The quantitative estimate of drug-likeness (QED) is 0.696. The fourth-order valence-corrected chi connectivity index (χ4v) is 2.79. The Hall–Kier alpha value is -2.57. The second-order valence-corrected chi connectivity index (χ2v) is 6.47. The Morgan fingerprint density at radius 3 is 2.73 bits per heavy atom. The molecule has 0 radical (unpaired) electrons. The van der Waals surface area contributed by atoms with Gasteiger partial charge in [0.15, 0.2) is 6.10 Å². The minimum atomic E-state index is -1.21. The second kappa shape index (κ2) is 7.76. The molecule has 7 heteroatoms. The molecule has 0 saturated heterocycles. The maximum Gasteiger partial charge on any atom is 0.255 e. The van der Waals surface area contributed by atoms with Crippen molar-refractivity contribution >= 4 is 28.5 Å². The van der Waals surface area contributed by atoms with Crippen molar-refractivity contribution in [1.82, 2.24) is 14.9 Å². The first-order valence-corrected chi connectivity index (χ1v) is 8.57. The molecule has 0 saturated carbocycles. The molecule has 3 rings (SSSR count). The van der Waals surface area contributed by atoms with E-state index in [1.807, 2.05) is 18.2 Å². The van der Waals surface area contributed by atoms with Gasteiger partial charge in [-0.1, -0.05) is 23.7 Å². The molecule has 0 aliphatic carbocycles. The summed E-state index contributed by atoms with van der Waals surface area (Å²) in [5.41, 5.74) is 2.24. The van der Waals surface area contributed by atoms with Gasteiger partial charge < -0.3 is 19.7 Å². The van der Waals surface area contributed by atoms with Crippen LogP contribution in [-0.2, 0) is 11.2 Å². The van der Waals surface area contributed by atoms with Crippen LogP contribution in [0.25, 0.3) is 11.0 Å². The Labute approximate surface area is 156 Å². The van der Waals surface area contributed by atoms with Crippen LogP contribution in [0, 0.1) is 0 Å². The molecule has 26 heavy (non-hydrogen) atoms. The average Bonchev–Trinajstić information content (AvgIpc) is 3.07. The number of aliphatic hydroxyl groups is 1. The van der Waals surface area contributed by atoms with Crippen molar-refractivity contribution in [3.63, 3.8) is 0 Å². The third kappa shape index (κ3) is 3.98. The molecule has 1 aromatic heterocycles. The molecule has 0 fully saturated rings. The van der Waals surface area contributed by atoms with E-state index in [0.717, 1.165) is 22.6 Å². The van der Waals surface area contributed by atoms with Crippen molar-refractivity contribution < 1.29 is 14.6 Å². The van der Waals surface area contributed by atoms with E-state index in [-0.39, 0.29) is 5.91 Å². The number of hydrogen-bond acceptors (Lipinski definition) is 4. The highest BCUT2D eigenvalue weighted by atomic mass is 35.5. The summed E-state index contributed by atoms with van der Waals surface area (Å²) >= 11 is 5.83. The number of H-pyrrole nitrogens is 1. The third-order valence-corrected chi connectivity index (χ3v) is 4.47. The van der Waals surface area contributed by atoms with Crippen LogP contribution in [0.5, 0.6) is 5.75 Å². The van der Waals surface area contributed by atoms with Crippen LogP contribution >= 0.6 is 11.6 Å². The predicted octanol–water partition coefficient (Wildman–Crippen LogP) is 2.96. The molecule has 2 N–H and O–H groups in total. The molecule has 0 aliphatic rings. The lowest BCUT2D eigenvalue weighted by molar-refractivity contribution is -0.139. The molecule has 0 aliphatic heterocycles. The lowest BCUT2D eigenvalue weighted by Gasteiger charge is -2.20. The SMILES string of the molecule is COc1ccc2nc(CCN(C)C(=O)C(O)c3ccc(Cl)cc3)[nH]c2c1. The molecule has 1 amide bonds. The van der Waals surface area contributed by atoms with Gasteiger partial charge in [-0.05, 0) is 29.8 Å². The van der Waals surface area contributed by atoms with Gasteiger partial charge in [0.25, 0.3) is 5.91 Å². The zero-order chi connectivity index (χ0) is 18.7. The number of methoxy groups -OCH3 is 1. The molecule has 1 atom stereocenters. The molecule has 1 unspecified atom stereocenters. The molecule has 2 aromatic carbocycles. The minimum Gasteiger partial charge on any atom is -0.497 e. The zero-order valence-electron chi connectivity index (χ0n) is 14.6. The Kier molecular flexibility index (Phi) is 5.44. The Balaban J connectivity index is 1.63. The molecule has 0 bridgehead atoms. The molecule has 1 heterocycles. The number of halogens is 1. The standard InChI is InChI=1S/C19H20ClN3O3/c1-23(19(25)18(24)12-3-5-13(20)6-4-12)10-9-17-21-15-8-7-14(26-2)11-16(15)22-17/h3-8,11,18,24H,9-10H2,1-2H3,(H,21,22). The predicted molar refractivity (Wildman–Crippen MR) is 100 cm³/mol. The van der Waals surface area contributed by atoms with E-state index in [0.29, 0.717) is 23.6 Å². The van der Waals surface area contributed by atoms with Gasteiger partial charge in [0.2, 0.25) is 0 Å². The topological polar surface area (TPSA) is 78.4 Å². The summed E-state index contributed by atoms with van der Waals surface area (Å²) in [6.45, 7) is 0.431. The number of likely N-dealkylation sites (N-methyl/N-ethyl adjacent to an activating group) is 1. The largest absolute Gasteiger partial charge is 0.497 e. The first-order chi connectivity index (χ1) is 12.5. The van der Waals surface area contributed by atoms with Gasteiger partial charge in [-0.3, -0.25) is 4.79 Å². The van der Waals surface area contributed by atoms with Crippen LogP contribution in [0.3, 0.4) is 0 Å². The number of aromatic nitrogens is 2. The summed E-state index contributed by atoms with van der Waals surface area (Å²) in [7, 11) is 3.28. The van der Waals surface area contributed by atoms with Gasteiger partial charge >= 0.3 is 0 Å². The lowest BCUT2D eigenvalue weighted by atomic mass is 10.1. The van der Waals surface area contributed by atoms with Gasteiger partial charge in [-0.15, -0.1) is 0 Å². The van der Waals surface area contributed by atoms with Gasteiger partial charge in [0.05, 0.1) is 18.1 Å². The number of amides is 1. The summed E-state index contributed by atoms with van der Waals surface area (Å²) in [6, 6.07) is 12.2. The van der Waals surface area contributed by atoms with Crippen LogP contribution < -0.4 is 4.74 Å². The lowest BCUT2D eigenvalue weighted by Crippen LogP contribution is -2.33. The number of hydrogen-bond donors (Lipinski definition) is 2. The number of imidazole rings is 1. The second-order valence-electron chi connectivity index (χ2n) is 6.03. The van der Waals surface area contributed by atoms with E-state index >= 15 is 0 Å². The summed E-state index contributed by atoms with van der Waals surface area (Å²) in [5.74, 6) is 1.16. The number of carbonyl (C=O) groups is 1. The molecule has 6 nitrogen and oxygen atoms in total. The van der Waals surface area contributed by atoms with E-state index in [4.69, 9.17) is 16.3 Å².